The van der Waals surface area contributed by atoms with Crippen LogP contribution in [-0.4, -0.2) is 23.6 Å². The number of carbonyl (C=O) groups excluding carboxylic acids is 2. The van der Waals surface area contributed by atoms with Crippen LogP contribution in [0.3, 0.4) is 0 Å². The van der Waals surface area contributed by atoms with Crippen molar-refractivity contribution in [3.63, 3.8) is 0 Å². The number of amides is 1. The highest BCUT2D eigenvalue weighted by atomic mass is 32.1. The summed E-state index contributed by atoms with van der Waals surface area (Å²) in [6.07, 6.45) is 0.703. The number of nitrogens with zero attached hydrogens (tertiary/aromatic N) is 1. The smallest absolute Gasteiger partial charge is 0.407 e. The van der Waals surface area contributed by atoms with Gasteiger partial charge in [-0.2, -0.15) is 0 Å². The van der Waals surface area contributed by atoms with Crippen molar-refractivity contribution in [2.24, 2.45) is 0 Å². The summed E-state index contributed by atoms with van der Waals surface area (Å²) in [6.45, 7) is 3.81. The molecule has 0 unspecified atom stereocenters. The normalized spacial score (nSPS) is 10.8. The summed E-state index contributed by atoms with van der Waals surface area (Å²) in [6, 6.07) is 12.4. The number of carbonyl (C=O) groups is 2. The van der Waals surface area contributed by atoms with Crippen LogP contribution in [0.25, 0.3) is 21.5 Å². The van der Waals surface area contributed by atoms with Gasteiger partial charge in [0.25, 0.3) is 0 Å². The molecule has 2 heterocycles. The van der Waals surface area contributed by atoms with Gasteiger partial charge >= 0.3 is 12.1 Å². The van der Waals surface area contributed by atoms with E-state index in [9.17, 15) is 14.4 Å². The molecule has 0 radical (unpaired) electrons. The maximum atomic E-state index is 13.0. The van der Waals surface area contributed by atoms with E-state index in [1.807, 2.05) is 42.6 Å². The Kier molecular flexibility index (Phi) is 7.03. The summed E-state index contributed by atoms with van der Waals surface area (Å²) >= 11 is 1.37. The molecule has 2 aromatic heterocycles. The summed E-state index contributed by atoms with van der Waals surface area (Å²) in [4.78, 5) is 41.3. The predicted molar refractivity (Wildman–Crippen MR) is 128 cm³/mol. The fraction of sp³-hybridized carbons (Fsp3) is 0.200. The van der Waals surface area contributed by atoms with Crippen molar-refractivity contribution in [3.05, 3.63) is 81.2 Å². The van der Waals surface area contributed by atoms with Gasteiger partial charge in [0.15, 0.2) is 0 Å². The third-order valence-corrected chi connectivity index (χ3v) is 5.93. The minimum Gasteiger partial charge on any atom is -0.463 e. The molecular weight excluding hydrogens is 456 g/mol. The number of alkyl carbamates (subject to hydrolysis) is 1. The average molecular weight is 479 g/mol. The summed E-state index contributed by atoms with van der Waals surface area (Å²) in [5.74, 6) is -0.290. The quantitative estimate of drug-likeness (QED) is 0.301. The second kappa shape index (κ2) is 10.3. The Balaban J connectivity index is 1.35. The van der Waals surface area contributed by atoms with Crippen LogP contribution in [0.2, 0.25) is 0 Å². The zero-order valence-corrected chi connectivity index (χ0v) is 19.4. The number of nitrogens with one attached hydrogen (secondary N) is 1. The van der Waals surface area contributed by atoms with Crippen LogP contribution in [-0.2, 0) is 16.1 Å². The number of ether oxygens (including phenoxy) is 2. The van der Waals surface area contributed by atoms with Crippen molar-refractivity contribution in [2.75, 3.05) is 6.54 Å². The fourth-order valence-electron chi connectivity index (χ4n) is 3.32. The van der Waals surface area contributed by atoms with Gasteiger partial charge in [-0.3, -0.25) is 9.59 Å². The predicted octanol–water partition coefficient (Wildman–Crippen LogP) is 4.76. The second-order valence-electron chi connectivity index (χ2n) is 7.60. The van der Waals surface area contributed by atoms with Crippen LogP contribution in [0.1, 0.15) is 23.2 Å². The van der Waals surface area contributed by atoms with Gasteiger partial charge in [0.1, 0.15) is 29.2 Å². The number of rotatable bonds is 7. The molecule has 1 amide bonds. The Morgan fingerprint density at radius 3 is 2.68 bits per heavy atom. The van der Waals surface area contributed by atoms with Crippen LogP contribution in [0, 0.1) is 13.8 Å². The molecule has 8 nitrogen and oxygen atoms in total. The van der Waals surface area contributed by atoms with E-state index >= 15 is 0 Å². The summed E-state index contributed by atoms with van der Waals surface area (Å²) in [5, 5.41) is 5.39. The van der Waals surface area contributed by atoms with Crippen molar-refractivity contribution in [1.82, 2.24) is 10.3 Å². The lowest BCUT2D eigenvalue weighted by Crippen LogP contribution is -2.27. The molecule has 0 fully saturated rings. The molecular formula is C25H22N2O6S. The molecule has 0 saturated heterocycles. The van der Waals surface area contributed by atoms with Gasteiger partial charge in [-0.1, -0.05) is 30.3 Å². The van der Waals surface area contributed by atoms with Crippen LogP contribution in [0.4, 0.5) is 4.79 Å². The SMILES string of the molecule is Cc1csc(-c2coc3cc(OC(=O)CCNC(=O)OCc4ccccc4)cc(C)c3c2=O)n1. The van der Waals surface area contributed by atoms with E-state index in [-0.39, 0.29) is 30.8 Å². The zero-order chi connectivity index (χ0) is 24.1. The maximum absolute atomic E-state index is 13.0. The highest BCUT2D eigenvalue weighted by molar-refractivity contribution is 7.13. The summed E-state index contributed by atoms with van der Waals surface area (Å²) < 4.78 is 16.1. The van der Waals surface area contributed by atoms with Gasteiger partial charge in [0.2, 0.25) is 5.43 Å². The van der Waals surface area contributed by atoms with E-state index < -0.39 is 12.1 Å². The maximum Gasteiger partial charge on any atom is 0.407 e. The van der Waals surface area contributed by atoms with Crippen LogP contribution >= 0.6 is 11.3 Å². The van der Waals surface area contributed by atoms with E-state index in [1.54, 1.807) is 13.0 Å². The lowest BCUT2D eigenvalue weighted by molar-refractivity contribution is -0.134. The number of esters is 1. The van der Waals surface area contributed by atoms with E-state index in [0.717, 1.165) is 11.3 Å². The lowest BCUT2D eigenvalue weighted by atomic mass is 10.1. The number of hydrogen-bond acceptors (Lipinski definition) is 8. The highest BCUT2D eigenvalue weighted by Gasteiger charge is 2.16. The summed E-state index contributed by atoms with van der Waals surface area (Å²) in [5.41, 5.74) is 2.83. The van der Waals surface area contributed by atoms with E-state index in [2.05, 4.69) is 10.3 Å². The third kappa shape index (κ3) is 5.49. The second-order valence-corrected chi connectivity index (χ2v) is 8.46. The van der Waals surface area contributed by atoms with E-state index in [4.69, 9.17) is 13.9 Å². The first-order valence-corrected chi connectivity index (χ1v) is 11.4. The Hall–Kier alpha value is -3.98. The van der Waals surface area contributed by atoms with Crippen LogP contribution in [0.5, 0.6) is 5.75 Å². The molecule has 9 heteroatoms. The molecule has 0 atom stereocenters. The van der Waals surface area contributed by atoms with Gasteiger partial charge in [0, 0.05) is 23.7 Å². The van der Waals surface area contributed by atoms with Gasteiger partial charge in [-0.15, -0.1) is 11.3 Å². The molecule has 0 aliphatic carbocycles. The first kappa shape index (κ1) is 23.2. The zero-order valence-electron chi connectivity index (χ0n) is 18.6. The molecule has 0 aliphatic heterocycles. The first-order valence-electron chi connectivity index (χ1n) is 10.5. The molecule has 0 spiro atoms. The van der Waals surface area contributed by atoms with Gasteiger partial charge in [0.05, 0.1) is 17.4 Å². The molecule has 0 bridgehead atoms. The number of benzene rings is 2. The van der Waals surface area contributed by atoms with Gasteiger partial charge in [-0.05, 0) is 31.0 Å². The Morgan fingerprint density at radius 2 is 1.94 bits per heavy atom. The topological polar surface area (TPSA) is 108 Å². The molecule has 0 saturated carbocycles. The summed E-state index contributed by atoms with van der Waals surface area (Å²) in [7, 11) is 0. The Morgan fingerprint density at radius 1 is 1.15 bits per heavy atom. The van der Waals surface area contributed by atoms with Crippen molar-refractivity contribution >= 4 is 34.4 Å². The Bertz CT molecular complexity index is 1390. The van der Waals surface area contributed by atoms with Crippen molar-refractivity contribution in [2.45, 2.75) is 26.9 Å². The third-order valence-electron chi connectivity index (χ3n) is 4.94. The van der Waals surface area contributed by atoms with Gasteiger partial charge < -0.3 is 19.2 Å². The number of aromatic nitrogens is 1. The highest BCUT2D eigenvalue weighted by Crippen LogP contribution is 2.27. The molecule has 34 heavy (non-hydrogen) atoms. The number of hydrogen-bond donors (Lipinski definition) is 1. The molecule has 2 aromatic carbocycles. The molecule has 0 aliphatic rings. The van der Waals surface area contributed by atoms with Crippen LogP contribution in [0.15, 0.2) is 63.3 Å². The van der Waals surface area contributed by atoms with Crippen LogP contribution < -0.4 is 15.5 Å². The Labute approximate surface area is 199 Å². The van der Waals surface area contributed by atoms with E-state index in [1.165, 1.54) is 23.7 Å². The first-order chi connectivity index (χ1) is 16.4. The van der Waals surface area contributed by atoms with E-state index in [0.29, 0.717) is 27.1 Å². The minimum absolute atomic E-state index is 0.0518. The number of thiazole rings is 1. The fourth-order valence-corrected chi connectivity index (χ4v) is 4.12. The monoisotopic (exact) mass is 478 g/mol. The lowest BCUT2D eigenvalue weighted by Gasteiger charge is -2.09. The van der Waals surface area contributed by atoms with Gasteiger partial charge in [-0.25, -0.2) is 9.78 Å². The molecule has 174 valence electrons. The molecule has 4 aromatic rings. The minimum atomic E-state index is -0.619. The average Bonchev–Trinajstić information content (AvgIpc) is 3.24. The van der Waals surface area contributed by atoms with Crippen molar-refractivity contribution in [1.29, 1.82) is 0 Å². The largest absolute Gasteiger partial charge is 0.463 e. The molecule has 4 rings (SSSR count). The number of aryl methyl sites for hydroxylation is 2. The standard InChI is InChI=1S/C25H22N2O6S/c1-15-10-18(11-20-22(15)23(29)19(13-31-20)24-27-16(2)14-34-24)33-21(28)8-9-26-25(30)32-12-17-6-4-3-5-7-17/h3-7,10-11,13-14H,8-9,12H2,1-2H3,(H,26,30). The molecule has 1 N–H and O–H groups in total. The number of fused-ring (bicyclic) bond motifs is 1. The van der Waals surface area contributed by atoms with Crippen molar-refractivity contribution in [3.8, 4) is 16.3 Å². The van der Waals surface area contributed by atoms with Crippen molar-refractivity contribution < 1.29 is 23.5 Å².